The van der Waals surface area contributed by atoms with Gasteiger partial charge in [0, 0.05) is 0 Å². The van der Waals surface area contributed by atoms with Crippen molar-refractivity contribution in [2.75, 3.05) is 0 Å². The highest BCUT2D eigenvalue weighted by atomic mass is 32.2. The summed E-state index contributed by atoms with van der Waals surface area (Å²) < 4.78 is 22.9. The number of primary sulfonamides is 1. The quantitative estimate of drug-likeness (QED) is 0.877. The smallest absolute Gasteiger partial charge is 0.225 e. The van der Waals surface area contributed by atoms with E-state index in [2.05, 4.69) is 0 Å². The van der Waals surface area contributed by atoms with Gasteiger partial charge in [0.2, 0.25) is 10.0 Å². The molecule has 4 heteroatoms. The molecule has 0 aromatic heterocycles. The number of rotatable bonds is 4. The normalized spacial score (nSPS) is 12.2. The maximum absolute atomic E-state index is 11.5. The Morgan fingerprint density at radius 1 is 1.00 bits per heavy atom. The van der Waals surface area contributed by atoms with Crippen LogP contribution in [-0.4, -0.2) is 8.42 Å². The molecule has 0 spiro atoms. The lowest BCUT2D eigenvalue weighted by atomic mass is 9.96. The monoisotopic (exact) mass is 301 g/mol. The lowest BCUT2D eigenvalue weighted by Gasteiger charge is -2.11. The van der Waals surface area contributed by atoms with Gasteiger partial charge in [0.1, 0.15) is 0 Å². The third-order valence-corrected chi connectivity index (χ3v) is 4.17. The summed E-state index contributed by atoms with van der Waals surface area (Å²) in [6, 6.07) is 15.0. The first-order chi connectivity index (χ1) is 9.88. The molecule has 0 aliphatic rings. The van der Waals surface area contributed by atoms with Gasteiger partial charge < -0.3 is 0 Å². The SMILES string of the molecule is CC(C)c1cc(S(N)(=O)=O)ccc1/C=C/c1ccccc1. The largest absolute Gasteiger partial charge is 0.238 e. The van der Waals surface area contributed by atoms with Gasteiger partial charge in [-0.25, -0.2) is 13.6 Å². The molecule has 0 radical (unpaired) electrons. The van der Waals surface area contributed by atoms with Crippen molar-refractivity contribution in [2.45, 2.75) is 24.7 Å². The van der Waals surface area contributed by atoms with Crippen molar-refractivity contribution in [3.8, 4) is 0 Å². The van der Waals surface area contributed by atoms with Gasteiger partial charge in [-0.2, -0.15) is 0 Å². The van der Waals surface area contributed by atoms with Gasteiger partial charge in [0.05, 0.1) is 4.90 Å². The maximum Gasteiger partial charge on any atom is 0.238 e. The Morgan fingerprint density at radius 2 is 1.67 bits per heavy atom. The summed E-state index contributed by atoms with van der Waals surface area (Å²) in [6.07, 6.45) is 4.01. The van der Waals surface area contributed by atoms with Gasteiger partial charge >= 0.3 is 0 Å². The molecule has 0 saturated heterocycles. The summed E-state index contributed by atoms with van der Waals surface area (Å²) in [4.78, 5) is 0.156. The number of hydrogen-bond acceptors (Lipinski definition) is 2. The van der Waals surface area contributed by atoms with Gasteiger partial charge in [-0.3, -0.25) is 0 Å². The second-order valence-corrected chi connectivity index (χ2v) is 6.80. The molecule has 0 aliphatic heterocycles. The summed E-state index contributed by atoms with van der Waals surface area (Å²) in [5.41, 5.74) is 3.07. The van der Waals surface area contributed by atoms with E-state index < -0.39 is 10.0 Å². The van der Waals surface area contributed by atoms with E-state index in [1.807, 2.05) is 56.3 Å². The minimum atomic E-state index is -3.67. The van der Waals surface area contributed by atoms with Gasteiger partial charge in [-0.1, -0.05) is 62.4 Å². The Labute approximate surface area is 126 Å². The summed E-state index contributed by atoms with van der Waals surface area (Å²) >= 11 is 0. The standard InChI is InChI=1S/C17H19NO2S/c1-13(2)17-12-16(21(18,19)20)11-10-15(17)9-8-14-6-4-3-5-7-14/h3-13H,1-2H3,(H2,18,19,20)/b9-8+. The summed E-state index contributed by atoms with van der Waals surface area (Å²) in [5, 5.41) is 5.20. The minimum absolute atomic E-state index is 0.156. The van der Waals surface area contributed by atoms with E-state index in [0.29, 0.717) is 0 Å². The molecule has 0 bridgehead atoms. The van der Waals surface area contributed by atoms with Crippen LogP contribution in [0.4, 0.5) is 0 Å². The highest BCUT2D eigenvalue weighted by molar-refractivity contribution is 7.89. The summed E-state index contributed by atoms with van der Waals surface area (Å²) in [6.45, 7) is 4.06. The van der Waals surface area contributed by atoms with Crippen LogP contribution < -0.4 is 5.14 Å². The Bertz CT molecular complexity index is 748. The van der Waals surface area contributed by atoms with E-state index in [-0.39, 0.29) is 10.8 Å². The number of sulfonamides is 1. The molecule has 0 atom stereocenters. The second kappa shape index (κ2) is 6.24. The first kappa shape index (κ1) is 15.5. The van der Waals surface area contributed by atoms with Crippen LogP contribution in [0.1, 0.15) is 36.5 Å². The lowest BCUT2D eigenvalue weighted by Crippen LogP contribution is -2.12. The third kappa shape index (κ3) is 4.03. The average Bonchev–Trinajstić information content (AvgIpc) is 2.45. The molecule has 0 heterocycles. The topological polar surface area (TPSA) is 60.2 Å². The lowest BCUT2D eigenvalue weighted by molar-refractivity contribution is 0.597. The van der Waals surface area contributed by atoms with Crippen molar-refractivity contribution in [1.82, 2.24) is 0 Å². The molecule has 21 heavy (non-hydrogen) atoms. The van der Waals surface area contributed by atoms with Crippen molar-refractivity contribution in [3.05, 3.63) is 65.2 Å². The minimum Gasteiger partial charge on any atom is -0.225 e. The molecule has 0 aliphatic carbocycles. The molecular weight excluding hydrogens is 282 g/mol. The fraction of sp³-hybridized carbons (Fsp3) is 0.176. The molecule has 2 aromatic carbocycles. The van der Waals surface area contributed by atoms with E-state index in [4.69, 9.17) is 5.14 Å². The summed E-state index contributed by atoms with van der Waals surface area (Å²) in [5.74, 6) is 0.210. The van der Waals surface area contributed by atoms with E-state index in [1.54, 1.807) is 18.2 Å². The van der Waals surface area contributed by atoms with Gasteiger partial charge in [-0.05, 0) is 34.7 Å². The molecule has 0 unspecified atom stereocenters. The van der Waals surface area contributed by atoms with Crippen LogP contribution in [0.3, 0.4) is 0 Å². The van der Waals surface area contributed by atoms with Crippen molar-refractivity contribution in [3.63, 3.8) is 0 Å². The van der Waals surface area contributed by atoms with Crippen molar-refractivity contribution in [1.29, 1.82) is 0 Å². The zero-order valence-corrected chi connectivity index (χ0v) is 13.0. The van der Waals surface area contributed by atoms with Gasteiger partial charge in [0.25, 0.3) is 0 Å². The highest BCUT2D eigenvalue weighted by Gasteiger charge is 2.12. The Hall–Kier alpha value is -1.91. The zero-order chi connectivity index (χ0) is 15.5. The molecule has 2 rings (SSSR count). The van der Waals surface area contributed by atoms with Crippen LogP contribution in [0.15, 0.2) is 53.4 Å². The second-order valence-electron chi connectivity index (χ2n) is 5.23. The Balaban J connectivity index is 2.42. The molecule has 0 fully saturated rings. The van der Waals surface area contributed by atoms with E-state index >= 15 is 0 Å². The van der Waals surface area contributed by atoms with Crippen LogP contribution in [0.2, 0.25) is 0 Å². The van der Waals surface area contributed by atoms with Crippen LogP contribution in [0.25, 0.3) is 12.2 Å². The Morgan fingerprint density at radius 3 is 2.24 bits per heavy atom. The highest BCUT2D eigenvalue weighted by Crippen LogP contribution is 2.24. The van der Waals surface area contributed by atoms with Crippen molar-refractivity contribution in [2.24, 2.45) is 5.14 Å². The van der Waals surface area contributed by atoms with Crippen LogP contribution >= 0.6 is 0 Å². The van der Waals surface area contributed by atoms with Crippen LogP contribution in [0, 0.1) is 0 Å². The first-order valence-corrected chi connectivity index (χ1v) is 8.32. The number of hydrogen-bond donors (Lipinski definition) is 1. The first-order valence-electron chi connectivity index (χ1n) is 6.78. The van der Waals surface area contributed by atoms with Gasteiger partial charge in [-0.15, -0.1) is 0 Å². The molecule has 2 aromatic rings. The molecule has 110 valence electrons. The Kier molecular flexibility index (Phi) is 4.60. The molecule has 3 nitrogen and oxygen atoms in total. The average molecular weight is 301 g/mol. The molecular formula is C17H19NO2S. The predicted octanol–water partition coefficient (Wildman–Crippen LogP) is 3.63. The predicted molar refractivity (Wildman–Crippen MR) is 87.3 cm³/mol. The number of nitrogens with two attached hydrogens (primary N) is 1. The fourth-order valence-corrected chi connectivity index (χ4v) is 2.68. The number of benzene rings is 2. The fourth-order valence-electron chi connectivity index (χ4n) is 2.13. The van der Waals surface area contributed by atoms with E-state index in [0.717, 1.165) is 16.7 Å². The van der Waals surface area contributed by atoms with Crippen LogP contribution in [-0.2, 0) is 10.0 Å². The zero-order valence-electron chi connectivity index (χ0n) is 12.2. The maximum atomic E-state index is 11.5. The van der Waals surface area contributed by atoms with Crippen LogP contribution in [0.5, 0.6) is 0 Å². The van der Waals surface area contributed by atoms with Gasteiger partial charge in [0.15, 0.2) is 0 Å². The van der Waals surface area contributed by atoms with Crippen molar-refractivity contribution >= 4 is 22.2 Å². The molecule has 2 N–H and O–H groups in total. The third-order valence-electron chi connectivity index (χ3n) is 3.26. The van der Waals surface area contributed by atoms with Crippen molar-refractivity contribution < 1.29 is 8.42 Å². The van der Waals surface area contributed by atoms with E-state index in [9.17, 15) is 8.42 Å². The summed E-state index contributed by atoms with van der Waals surface area (Å²) in [7, 11) is -3.67. The van der Waals surface area contributed by atoms with E-state index in [1.165, 1.54) is 0 Å². The molecule has 0 amide bonds. The molecule has 0 saturated carbocycles.